The van der Waals surface area contributed by atoms with Gasteiger partial charge < -0.3 is 35.6 Å². The van der Waals surface area contributed by atoms with Crippen LogP contribution in [0.5, 0.6) is 23.0 Å². The Hall–Kier alpha value is -8.44. The van der Waals surface area contributed by atoms with Crippen molar-refractivity contribution in [2.24, 2.45) is 0 Å². The summed E-state index contributed by atoms with van der Waals surface area (Å²) in [5.41, 5.74) is 17.1. The molecule has 6 heterocycles. The van der Waals surface area contributed by atoms with E-state index in [1.54, 1.807) is 11.0 Å². The SMILES string of the molecule is C=CC(=O)N1CCC[C@H](n2nc(-c3ccc(Oc4ccccc4)cc3)c3c(N)ncnc32)C1.CN(C)C/C=C/C(=O)N1CCC[C@H](n2nc(-c3ccc(Oc4ccccc4)cc3)c3c(N)ncnc32)C1. The second-order valence-electron chi connectivity index (χ2n) is 17.4. The lowest BCUT2D eigenvalue weighted by molar-refractivity contribution is -0.128. The number of nitrogens with two attached hydrogens (primary N) is 2. The molecule has 2 atom stereocenters. The number of hydrogen-bond donors (Lipinski definition) is 2. The summed E-state index contributed by atoms with van der Waals surface area (Å²) in [5.74, 6) is 3.71. The van der Waals surface area contributed by atoms with Gasteiger partial charge in [-0.05, 0) is 119 Å². The van der Waals surface area contributed by atoms with E-state index in [1.807, 2.05) is 149 Å². The fraction of sp³-hybridized carbons (Fsp3) is 0.245. The number of nitrogen functional groups attached to an aromatic ring is 2. The number of para-hydroxylation sites is 2. The number of anilines is 2. The van der Waals surface area contributed by atoms with E-state index in [2.05, 4.69) is 26.5 Å². The monoisotopic (exact) mass is 937 g/mol. The maximum absolute atomic E-state index is 12.8. The Balaban J connectivity index is 0.000000175. The predicted octanol–water partition coefficient (Wildman–Crippen LogP) is 8.37. The zero-order chi connectivity index (χ0) is 48.6. The molecule has 70 heavy (non-hydrogen) atoms. The minimum absolute atomic E-state index is 0.00566. The van der Waals surface area contributed by atoms with Crippen molar-refractivity contribution in [1.29, 1.82) is 0 Å². The van der Waals surface area contributed by atoms with E-state index in [0.717, 1.165) is 72.9 Å². The van der Waals surface area contributed by atoms with Crippen molar-refractivity contribution in [3.63, 3.8) is 0 Å². The molecule has 0 bridgehead atoms. The third kappa shape index (κ3) is 10.5. The first-order chi connectivity index (χ1) is 34.1. The lowest BCUT2D eigenvalue weighted by atomic mass is 10.1. The summed E-state index contributed by atoms with van der Waals surface area (Å²) in [6.07, 6.45) is 11.4. The van der Waals surface area contributed by atoms with Gasteiger partial charge in [0, 0.05) is 49.9 Å². The topological polar surface area (TPSA) is 202 Å². The van der Waals surface area contributed by atoms with Crippen LogP contribution in [0.3, 0.4) is 0 Å². The second kappa shape index (κ2) is 21.2. The molecule has 17 nitrogen and oxygen atoms in total. The summed E-state index contributed by atoms with van der Waals surface area (Å²) in [5, 5.41) is 11.3. The molecule has 4 aromatic heterocycles. The number of ether oxygens (including phenoxy) is 2. The quantitative estimate of drug-likeness (QED) is 0.111. The first-order valence-corrected chi connectivity index (χ1v) is 23.3. The Morgan fingerprint density at radius 2 is 1.06 bits per heavy atom. The number of likely N-dealkylation sites (N-methyl/N-ethyl adjacent to an activating group) is 1. The van der Waals surface area contributed by atoms with Gasteiger partial charge in [0.1, 0.15) is 58.7 Å². The number of likely N-dealkylation sites (tertiary alicyclic amines) is 2. The Morgan fingerprint density at radius 3 is 1.49 bits per heavy atom. The van der Waals surface area contributed by atoms with Crippen LogP contribution in [0.4, 0.5) is 11.6 Å². The predicted molar refractivity (Wildman–Crippen MR) is 271 cm³/mol. The smallest absolute Gasteiger partial charge is 0.246 e. The van der Waals surface area contributed by atoms with Crippen molar-refractivity contribution in [3.05, 3.63) is 147 Å². The molecule has 10 rings (SSSR count). The minimum Gasteiger partial charge on any atom is -0.457 e. The van der Waals surface area contributed by atoms with E-state index in [9.17, 15) is 9.59 Å². The molecule has 0 radical (unpaired) electrons. The highest BCUT2D eigenvalue weighted by atomic mass is 16.5. The highest BCUT2D eigenvalue weighted by Crippen LogP contribution is 2.37. The fourth-order valence-electron chi connectivity index (χ4n) is 8.82. The Kier molecular flexibility index (Phi) is 14.2. The number of fused-ring (bicyclic) bond motifs is 2. The molecule has 4 N–H and O–H groups in total. The van der Waals surface area contributed by atoms with Gasteiger partial charge >= 0.3 is 0 Å². The summed E-state index contributed by atoms with van der Waals surface area (Å²) in [6.45, 7) is 6.90. The van der Waals surface area contributed by atoms with Crippen LogP contribution in [0.25, 0.3) is 44.6 Å². The molecular weight excluding hydrogens is 883 g/mol. The second-order valence-corrected chi connectivity index (χ2v) is 17.4. The van der Waals surface area contributed by atoms with Crippen molar-refractivity contribution in [2.45, 2.75) is 37.8 Å². The summed E-state index contributed by atoms with van der Waals surface area (Å²) >= 11 is 0. The molecule has 0 aliphatic carbocycles. The zero-order valence-corrected chi connectivity index (χ0v) is 39.2. The van der Waals surface area contributed by atoms with Gasteiger partial charge in [-0.1, -0.05) is 49.1 Å². The van der Waals surface area contributed by atoms with E-state index in [0.29, 0.717) is 64.7 Å². The summed E-state index contributed by atoms with van der Waals surface area (Å²) < 4.78 is 15.6. The molecular formula is C53H55N13O4. The van der Waals surface area contributed by atoms with Crippen molar-refractivity contribution in [1.82, 2.24) is 54.2 Å². The first-order valence-electron chi connectivity index (χ1n) is 23.3. The van der Waals surface area contributed by atoms with Crippen LogP contribution < -0.4 is 20.9 Å². The fourth-order valence-corrected chi connectivity index (χ4v) is 8.82. The molecule has 0 unspecified atom stereocenters. The van der Waals surface area contributed by atoms with Crippen molar-refractivity contribution >= 4 is 45.5 Å². The van der Waals surface area contributed by atoms with Crippen LogP contribution in [0, 0.1) is 0 Å². The standard InChI is InChI=1S/C28H31N7O2.C25H24N6O2/c1-33(2)16-7-11-24(36)34-17-6-8-21(18-34)35-28-25(27(29)30-19-31-28)26(32-35)20-12-14-23(15-13-20)37-22-9-4-3-5-10-22;1-2-21(32)30-14-6-7-18(15-30)31-25-22(24(26)27-16-28-25)23(29-31)17-10-12-20(13-11-17)33-19-8-4-3-5-9-19/h3-5,7,9-15,19,21H,6,8,16-18H2,1-2H3,(H2,29,30,31);2-5,8-13,16,18H,1,6-7,14-15H2,(H2,26,27,28)/b11-7+;/t21-;18-/m00/s1. The third-order valence-electron chi connectivity index (χ3n) is 12.3. The zero-order valence-electron chi connectivity index (χ0n) is 39.2. The van der Waals surface area contributed by atoms with Gasteiger partial charge in [0.25, 0.3) is 0 Å². The molecule has 356 valence electrons. The molecule has 2 saturated heterocycles. The number of carbonyl (C=O) groups excluding carboxylic acids is 2. The molecule has 4 aromatic carbocycles. The van der Waals surface area contributed by atoms with Crippen LogP contribution >= 0.6 is 0 Å². The number of nitrogens with zero attached hydrogens (tertiary/aromatic N) is 11. The number of benzene rings is 4. The highest BCUT2D eigenvalue weighted by Gasteiger charge is 2.30. The van der Waals surface area contributed by atoms with E-state index >= 15 is 0 Å². The van der Waals surface area contributed by atoms with Crippen molar-refractivity contribution in [2.75, 3.05) is 58.3 Å². The lowest BCUT2D eigenvalue weighted by Gasteiger charge is -2.32. The van der Waals surface area contributed by atoms with E-state index < -0.39 is 0 Å². The van der Waals surface area contributed by atoms with Gasteiger partial charge in [-0.3, -0.25) is 9.59 Å². The number of aromatic nitrogens is 8. The molecule has 2 fully saturated rings. The number of rotatable bonds is 12. The van der Waals surface area contributed by atoms with Crippen LogP contribution in [0.1, 0.15) is 37.8 Å². The first kappa shape index (κ1) is 46.7. The molecule has 0 spiro atoms. The van der Waals surface area contributed by atoms with Crippen LogP contribution in [0.15, 0.2) is 147 Å². The van der Waals surface area contributed by atoms with Gasteiger partial charge in [-0.25, -0.2) is 29.3 Å². The van der Waals surface area contributed by atoms with Gasteiger partial charge in [0.05, 0.1) is 22.9 Å². The van der Waals surface area contributed by atoms with Gasteiger partial charge in [-0.15, -0.1) is 0 Å². The van der Waals surface area contributed by atoms with Crippen molar-refractivity contribution < 1.29 is 19.1 Å². The van der Waals surface area contributed by atoms with Gasteiger partial charge in [0.15, 0.2) is 11.3 Å². The van der Waals surface area contributed by atoms with E-state index in [4.69, 9.17) is 31.1 Å². The molecule has 8 aromatic rings. The van der Waals surface area contributed by atoms with Gasteiger partial charge in [-0.2, -0.15) is 10.2 Å². The van der Waals surface area contributed by atoms with Crippen molar-refractivity contribution in [3.8, 4) is 45.5 Å². The number of carbonyl (C=O) groups is 2. The largest absolute Gasteiger partial charge is 0.457 e. The number of hydrogen-bond acceptors (Lipinski definition) is 13. The summed E-state index contributed by atoms with van der Waals surface area (Å²) in [4.78, 5) is 48.1. The maximum atomic E-state index is 12.8. The maximum Gasteiger partial charge on any atom is 0.246 e. The number of amides is 2. The third-order valence-corrected chi connectivity index (χ3v) is 12.3. The highest BCUT2D eigenvalue weighted by molar-refractivity contribution is 5.99. The molecule has 2 amide bonds. The average Bonchev–Trinajstić information content (AvgIpc) is 3.99. The Morgan fingerprint density at radius 1 is 0.629 bits per heavy atom. The van der Waals surface area contributed by atoms with Gasteiger partial charge in [0.2, 0.25) is 11.8 Å². The van der Waals surface area contributed by atoms with E-state index in [1.165, 1.54) is 18.7 Å². The molecule has 17 heteroatoms. The summed E-state index contributed by atoms with van der Waals surface area (Å²) in [6, 6.07) is 34.7. The lowest BCUT2D eigenvalue weighted by Crippen LogP contribution is -2.40. The van der Waals surface area contributed by atoms with Crippen LogP contribution in [-0.2, 0) is 9.59 Å². The molecule has 0 saturated carbocycles. The van der Waals surface area contributed by atoms with E-state index in [-0.39, 0.29) is 23.9 Å². The van der Waals surface area contributed by atoms with Crippen LogP contribution in [-0.4, -0.2) is 113 Å². The average molecular weight is 938 g/mol. The Bertz CT molecular complexity index is 3120. The Labute approximate surface area is 405 Å². The normalized spacial score (nSPS) is 16.0. The molecule has 2 aliphatic rings. The van der Waals surface area contributed by atoms with Crippen LogP contribution in [0.2, 0.25) is 0 Å². The molecule has 2 aliphatic heterocycles. The summed E-state index contributed by atoms with van der Waals surface area (Å²) in [7, 11) is 3.95. The minimum atomic E-state index is -0.0699. The number of piperidine rings is 2.